The van der Waals surface area contributed by atoms with Crippen LogP contribution in [-0.2, 0) is 6.54 Å². The first kappa shape index (κ1) is 12.3. The van der Waals surface area contributed by atoms with E-state index in [-0.39, 0.29) is 10.6 Å². The second-order valence-electron chi connectivity index (χ2n) is 4.26. The molecule has 1 aromatic carbocycles. The molecule has 1 heterocycles. The van der Waals surface area contributed by atoms with E-state index in [1.165, 1.54) is 12.1 Å². The van der Waals surface area contributed by atoms with Crippen molar-refractivity contribution in [3.8, 4) is 0 Å². The Morgan fingerprint density at radius 3 is 2.88 bits per heavy atom. The summed E-state index contributed by atoms with van der Waals surface area (Å²) in [4.78, 5) is 4.58. The SMILES string of the molecule is C=C(C)Cn1c(C(C)Br)nc2cc(F)ccc21. The second-order valence-corrected chi connectivity index (χ2v) is 5.64. The molecule has 4 heteroatoms. The first-order valence-electron chi connectivity index (χ1n) is 5.43. The Balaban J connectivity index is 2.66. The maximum Gasteiger partial charge on any atom is 0.125 e. The molecule has 0 N–H and O–H groups in total. The van der Waals surface area contributed by atoms with Gasteiger partial charge in [0.05, 0.1) is 15.9 Å². The first-order valence-corrected chi connectivity index (χ1v) is 6.34. The predicted octanol–water partition coefficient (Wildman–Crippen LogP) is 4.21. The molecule has 0 aliphatic carbocycles. The van der Waals surface area contributed by atoms with Crippen molar-refractivity contribution in [2.45, 2.75) is 25.2 Å². The molecule has 1 atom stereocenters. The van der Waals surface area contributed by atoms with E-state index >= 15 is 0 Å². The quantitative estimate of drug-likeness (QED) is 0.613. The third-order valence-electron chi connectivity index (χ3n) is 2.52. The zero-order valence-electron chi connectivity index (χ0n) is 9.87. The van der Waals surface area contributed by atoms with Crippen molar-refractivity contribution in [3.05, 3.63) is 42.0 Å². The van der Waals surface area contributed by atoms with Gasteiger partial charge in [0, 0.05) is 12.6 Å². The molecule has 0 bridgehead atoms. The van der Waals surface area contributed by atoms with E-state index in [9.17, 15) is 4.39 Å². The van der Waals surface area contributed by atoms with E-state index in [1.54, 1.807) is 6.07 Å². The van der Waals surface area contributed by atoms with Gasteiger partial charge in [-0.1, -0.05) is 28.1 Å². The number of imidazole rings is 1. The number of allylic oxidation sites excluding steroid dienone is 1. The van der Waals surface area contributed by atoms with Crippen molar-refractivity contribution in [3.63, 3.8) is 0 Å². The Labute approximate surface area is 108 Å². The molecule has 1 unspecified atom stereocenters. The van der Waals surface area contributed by atoms with Gasteiger partial charge in [0.1, 0.15) is 11.6 Å². The van der Waals surface area contributed by atoms with Crippen LogP contribution < -0.4 is 0 Å². The molecule has 0 radical (unpaired) electrons. The monoisotopic (exact) mass is 296 g/mol. The number of nitrogens with zero attached hydrogens (tertiary/aromatic N) is 2. The maximum atomic E-state index is 13.2. The summed E-state index contributed by atoms with van der Waals surface area (Å²) in [5.74, 6) is 0.639. The van der Waals surface area contributed by atoms with Gasteiger partial charge in [0.2, 0.25) is 0 Å². The predicted molar refractivity (Wildman–Crippen MR) is 71.8 cm³/mol. The van der Waals surface area contributed by atoms with E-state index in [1.807, 2.05) is 13.8 Å². The molecule has 2 nitrogen and oxygen atoms in total. The van der Waals surface area contributed by atoms with Gasteiger partial charge in [-0.2, -0.15) is 0 Å². The van der Waals surface area contributed by atoms with E-state index in [2.05, 4.69) is 32.1 Å². The van der Waals surface area contributed by atoms with Gasteiger partial charge < -0.3 is 4.57 Å². The van der Waals surface area contributed by atoms with Crippen molar-refractivity contribution in [1.29, 1.82) is 0 Å². The summed E-state index contributed by atoms with van der Waals surface area (Å²) >= 11 is 3.51. The van der Waals surface area contributed by atoms with Crippen LogP contribution in [0.5, 0.6) is 0 Å². The smallest absolute Gasteiger partial charge is 0.125 e. The van der Waals surface area contributed by atoms with Crippen LogP contribution in [0.2, 0.25) is 0 Å². The average Bonchev–Trinajstić information content (AvgIpc) is 2.55. The summed E-state index contributed by atoms with van der Waals surface area (Å²) in [7, 11) is 0. The number of rotatable bonds is 3. The van der Waals surface area contributed by atoms with Gasteiger partial charge in [-0.15, -0.1) is 0 Å². The normalized spacial score (nSPS) is 12.9. The van der Waals surface area contributed by atoms with Crippen LogP contribution in [0.4, 0.5) is 4.39 Å². The number of fused-ring (bicyclic) bond motifs is 1. The Bertz CT molecular complexity index is 572. The molecule has 1 aromatic heterocycles. The lowest BCUT2D eigenvalue weighted by Crippen LogP contribution is -2.04. The van der Waals surface area contributed by atoms with Gasteiger partial charge in [-0.05, 0) is 26.0 Å². The fraction of sp³-hybridized carbons (Fsp3) is 0.308. The van der Waals surface area contributed by atoms with Crippen LogP contribution >= 0.6 is 15.9 Å². The zero-order valence-corrected chi connectivity index (χ0v) is 11.5. The molecule has 0 aliphatic heterocycles. The van der Waals surface area contributed by atoms with Gasteiger partial charge in [0.25, 0.3) is 0 Å². The topological polar surface area (TPSA) is 17.8 Å². The van der Waals surface area contributed by atoms with Gasteiger partial charge in [-0.3, -0.25) is 0 Å². The van der Waals surface area contributed by atoms with Crippen molar-refractivity contribution in [2.75, 3.05) is 0 Å². The molecular weight excluding hydrogens is 283 g/mol. The second kappa shape index (κ2) is 4.61. The summed E-state index contributed by atoms with van der Waals surface area (Å²) in [5.41, 5.74) is 2.67. The summed E-state index contributed by atoms with van der Waals surface area (Å²) in [6.07, 6.45) is 0. The molecule has 90 valence electrons. The fourth-order valence-corrected chi connectivity index (χ4v) is 2.21. The summed E-state index contributed by atoms with van der Waals surface area (Å²) in [5, 5.41) is 0. The number of hydrogen-bond acceptors (Lipinski definition) is 1. The lowest BCUT2D eigenvalue weighted by Gasteiger charge is -2.10. The molecule has 0 amide bonds. The Morgan fingerprint density at radius 2 is 2.29 bits per heavy atom. The molecule has 0 aliphatic rings. The van der Waals surface area contributed by atoms with E-state index in [0.717, 1.165) is 16.9 Å². The van der Waals surface area contributed by atoms with E-state index in [4.69, 9.17) is 0 Å². The molecule has 0 saturated carbocycles. The highest BCUT2D eigenvalue weighted by atomic mass is 79.9. The minimum absolute atomic E-state index is 0.123. The molecule has 2 aromatic rings. The van der Waals surface area contributed by atoms with Crippen LogP contribution in [-0.4, -0.2) is 9.55 Å². The highest BCUT2D eigenvalue weighted by Gasteiger charge is 2.14. The lowest BCUT2D eigenvalue weighted by atomic mass is 10.3. The van der Waals surface area contributed by atoms with Gasteiger partial charge >= 0.3 is 0 Å². The lowest BCUT2D eigenvalue weighted by molar-refractivity contribution is 0.629. The van der Waals surface area contributed by atoms with Crippen LogP contribution in [0.1, 0.15) is 24.5 Å². The van der Waals surface area contributed by atoms with Crippen LogP contribution in [0.3, 0.4) is 0 Å². The number of aromatic nitrogens is 2. The van der Waals surface area contributed by atoms with Crippen molar-refractivity contribution < 1.29 is 4.39 Å². The molecule has 0 fully saturated rings. The fourth-order valence-electron chi connectivity index (χ4n) is 1.86. The molecular formula is C13H14BrFN2. The van der Waals surface area contributed by atoms with E-state index in [0.29, 0.717) is 12.1 Å². The molecule has 17 heavy (non-hydrogen) atoms. The number of hydrogen-bond donors (Lipinski definition) is 0. The molecule has 2 rings (SSSR count). The Morgan fingerprint density at radius 1 is 1.59 bits per heavy atom. The maximum absolute atomic E-state index is 13.2. The van der Waals surface area contributed by atoms with E-state index < -0.39 is 0 Å². The Kier molecular flexibility index (Phi) is 3.33. The molecule has 0 spiro atoms. The third kappa shape index (κ3) is 2.41. The van der Waals surface area contributed by atoms with Crippen LogP contribution in [0.15, 0.2) is 30.4 Å². The van der Waals surface area contributed by atoms with Gasteiger partial charge in [-0.25, -0.2) is 9.37 Å². The zero-order chi connectivity index (χ0) is 12.6. The van der Waals surface area contributed by atoms with Crippen LogP contribution in [0, 0.1) is 5.82 Å². The van der Waals surface area contributed by atoms with Crippen molar-refractivity contribution in [2.24, 2.45) is 0 Å². The average molecular weight is 297 g/mol. The molecule has 0 saturated heterocycles. The highest BCUT2D eigenvalue weighted by molar-refractivity contribution is 9.09. The summed E-state index contributed by atoms with van der Waals surface area (Å²) < 4.78 is 15.2. The number of benzene rings is 1. The minimum Gasteiger partial charge on any atom is -0.323 e. The standard InChI is InChI=1S/C13H14BrFN2/c1-8(2)7-17-12-5-4-10(15)6-11(12)16-13(17)9(3)14/h4-6,9H,1,7H2,2-3H3. The summed E-state index contributed by atoms with van der Waals surface area (Å²) in [6, 6.07) is 4.68. The van der Waals surface area contributed by atoms with Crippen molar-refractivity contribution >= 4 is 27.0 Å². The minimum atomic E-state index is -0.258. The first-order chi connectivity index (χ1) is 7.99. The Hall–Kier alpha value is -1.16. The largest absolute Gasteiger partial charge is 0.323 e. The van der Waals surface area contributed by atoms with Crippen LogP contribution in [0.25, 0.3) is 11.0 Å². The number of alkyl halides is 1. The third-order valence-corrected chi connectivity index (χ3v) is 2.93. The number of halogens is 2. The van der Waals surface area contributed by atoms with Crippen molar-refractivity contribution in [1.82, 2.24) is 9.55 Å². The van der Waals surface area contributed by atoms with Gasteiger partial charge in [0.15, 0.2) is 0 Å². The highest BCUT2D eigenvalue weighted by Crippen LogP contribution is 2.26. The summed E-state index contributed by atoms with van der Waals surface area (Å²) in [6.45, 7) is 8.60.